The fraction of sp³-hybridized carbons (Fsp3) is 0.435. The number of imidazole rings is 1. The Balaban J connectivity index is 1.51. The fourth-order valence-electron chi connectivity index (χ4n) is 4.44. The van der Waals surface area contributed by atoms with Crippen molar-refractivity contribution in [3.63, 3.8) is 0 Å². The Kier molecular flexibility index (Phi) is 6.62. The number of thioether (sulfide) groups is 1. The Labute approximate surface area is 200 Å². The van der Waals surface area contributed by atoms with Crippen LogP contribution in [0.2, 0.25) is 0 Å². The molecule has 2 fully saturated rings. The molecular weight excluding hydrogens is 487 g/mol. The van der Waals surface area contributed by atoms with E-state index in [0.717, 1.165) is 49.6 Å². The highest BCUT2D eigenvalue weighted by atomic mass is 32.2. The summed E-state index contributed by atoms with van der Waals surface area (Å²) in [7, 11) is -3.62. The van der Waals surface area contributed by atoms with E-state index in [0.29, 0.717) is 42.4 Å². The van der Waals surface area contributed by atoms with Crippen LogP contribution in [0.1, 0.15) is 31.2 Å². The summed E-state index contributed by atoms with van der Waals surface area (Å²) in [6.45, 7) is 2.14. The molecule has 34 heavy (non-hydrogen) atoms. The third kappa shape index (κ3) is 4.46. The predicted molar refractivity (Wildman–Crippen MR) is 123 cm³/mol. The smallest absolute Gasteiger partial charge is 0.243 e. The number of fused-ring (bicyclic) bond motifs is 1. The van der Waals surface area contributed by atoms with Crippen molar-refractivity contribution in [2.75, 3.05) is 19.7 Å². The second-order valence-electron chi connectivity index (χ2n) is 8.51. The maximum absolute atomic E-state index is 14.2. The molecule has 11 heteroatoms. The third-order valence-corrected chi connectivity index (χ3v) is 9.18. The molecule has 1 atom stereocenters. The maximum atomic E-state index is 14.2. The van der Waals surface area contributed by atoms with E-state index >= 15 is 0 Å². The quantitative estimate of drug-likeness (QED) is 0.340. The first-order valence-electron chi connectivity index (χ1n) is 11.2. The van der Waals surface area contributed by atoms with Crippen LogP contribution in [0.5, 0.6) is 0 Å². The molecule has 0 saturated carbocycles. The molecule has 2 aliphatic rings. The summed E-state index contributed by atoms with van der Waals surface area (Å²) < 4.78 is 77.1. The molecule has 1 aromatic heterocycles. The van der Waals surface area contributed by atoms with E-state index in [4.69, 9.17) is 4.74 Å². The van der Waals surface area contributed by atoms with E-state index in [1.807, 2.05) is 4.57 Å². The summed E-state index contributed by atoms with van der Waals surface area (Å²) >= 11 is 1.07. The van der Waals surface area contributed by atoms with Gasteiger partial charge in [-0.15, -0.1) is 0 Å². The summed E-state index contributed by atoms with van der Waals surface area (Å²) in [4.78, 5) is 4.77. The molecule has 5 rings (SSSR count). The van der Waals surface area contributed by atoms with Gasteiger partial charge in [-0.1, -0.05) is 11.8 Å². The van der Waals surface area contributed by atoms with Gasteiger partial charge in [0.2, 0.25) is 10.0 Å². The van der Waals surface area contributed by atoms with Crippen LogP contribution in [0.25, 0.3) is 11.0 Å². The van der Waals surface area contributed by atoms with Crippen molar-refractivity contribution in [1.29, 1.82) is 0 Å². The second kappa shape index (κ2) is 9.52. The number of halogens is 3. The first-order chi connectivity index (χ1) is 16.3. The largest absolute Gasteiger partial charge is 0.376 e. The standard InChI is InChI=1S/C23H24F3N3O3S2/c24-18-6-7-19(25)22(26)17(18)14-33-23-27-20-12-16(34(30,31)28-9-1-2-10-28)5-8-21(20)29(23)13-15-4-3-11-32-15/h5-8,12,15H,1-4,9-11,13-14H2/t15-/m0/s1. The monoisotopic (exact) mass is 511 g/mol. The van der Waals surface area contributed by atoms with Gasteiger partial charge in [0.15, 0.2) is 16.8 Å². The van der Waals surface area contributed by atoms with Gasteiger partial charge in [-0.25, -0.2) is 26.6 Å². The second-order valence-corrected chi connectivity index (χ2v) is 11.4. The van der Waals surface area contributed by atoms with E-state index in [2.05, 4.69) is 4.98 Å². The highest BCUT2D eigenvalue weighted by molar-refractivity contribution is 7.98. The molecule has 0 amide bonds. The topological polar surface area (TPSA) is 64.4 Å². The van der Waals surface area contributed by atoms with Crippen LogP contribution in [-0.4, -0.2) is 48.1 Å². The Morgan fingerprint density at radius 3 is 2.56 bits per heavy atom. The molecule has 0 radical (unpaired) electrons. The van der Waals surface area contributed by atoms with E-state index in [9.17, 15) is 21.6 Å². The van der Waals surface area contributed by atoms with Crippen LogP contribution in [0.4, 0.5) is 13.2 Å². The van der Waals surface area contributed by atoms with Gasteiger partial charge < -0.3 is 9.30 Å². The van der Waals surface area contributed by atoms with Gasteiger partial charge >= 0.3 is 0 Å². The minimum absolute atomic E-state index is 0.0348. The number of ether oxygens (including phenoxy) is 1. The van der Waals surface area contributed by atoms with Gasteiger partial charge in [0.25, 0.3) is 0 Å². The van der Waals surface area contributed by atoms with Crippen molar-refractivity contribution in [1.82, 2.24) is 13.9 Å². The average Bonchev–Trinajstić information content (AvgIpc) is 3.59. The fourth-order valence-corrected chi connectivity index (χ4v) is 7.01. The molecule has 0 spiro atoms. The number of hydrogen-bond donors (Lipinski definition) is 0. The zero-order chi connectivity index (χ0) is 23.9. The minimum atomic E-state index is -3.62. The Morgan fingerprint density at radius 1 is 1.06 bits per heavy atom. The summed E-state index contributed by atoms with van der Waals surface area (Å²) in [5, 5.41) is 0.462. The van der Waals surface area contributed by atoms with Gasteiger partial charge in [0.05, 0.1) is 28.6 Å². The molecule has 182 valence electrons. The highest BCUT2D eigenvalue weighted by Gasteiger charge is 2.28. The van der Waals surface area contributed by atoms with Crippen molar-refractivity contribution >= 4 is 32.8 Å². The lowest BCUT2D eigenvalue weighted by atomic mass is 10.2. The number of nitrogens with zero attached hydrogens (tertiary/aromatic N) is 3. The van der Waals surface area contributed by atoms with Crippen molar-refractivity contribution < 1.29 is 26.3 Å². The number of hydrogen-bond acceptors (Lipinski definition) is 5. The van der Waals surface area contributed by atoms with Crippen LogP contribution in [0.15, 0.2) is 40.4 Å². The number of sulfonamides is 1. The summed E-state index contributed by atoms with van der Waals surface area (Å²) in [5.74, 6) is -3.31. The first kappa shape index (κ1) is 23.7. The molecule has 6 nitrogen and oxygen atoms in total. The highest BCUT2D eigenvalue weighted by Crippen LogP contribution is 2.32. The molecule has 3 heterocycles. The number of rotatable bonds is 7. The van der Waals surface area contributed by atoms with E-state index in [-0.39, 0.29) is 22.3 Å². The summed E-state index contributed by atoms with van der Waals surface area (Å²) in [6, 6.07) is 6.49. The van der Waals surface area contributed by atoms with Crippen molar-refractivity contribution in [2.45, 2.75) is 54.1 Å². The minimum Gasteiger partial charge on any atom is -0.376 e. The van der Waals surface area contributed by atoms with Gasteiger partial charge in [0.1, 0.15) is 5.82 Å². The third-order valence-electron chi connectivity index (χ3n) is 6.28. The Morgan fingerprint density at radius 2 is 1.82 bits per heavy atom. The van der Waals surface area contributed by atoms with Crippen LogP contribution >= 0.6 is 11.8 Å². The van der Waals surface area contributed by atoms with E-state index < -0.39 is 27.5 Å². The molecule has 0 bridgehead atoms. The van der Waals surface area contributed by atoms with Crippen LogP contribution in [0.3, 0.4) is 0 Å². The first-order valence-corrected chi connectivity index (χ1v) is 13.6. The van der Waals surface area contributed by atoms with Crippen LogP contribution in [-0.2, 0) is 27.1 Å². The maximum Gasteiger partial charge on any atom is 0.243 e. The molecular formula is C23H24F3N3O3S2. The van der Waals surface area contributed by atoms with Crippen molar-refractivity contribution in [3.05, 3.63) is 53.3 Å². The van der Waals surface area contributed by atoms with Gasteiger partial charge in [-0.05, 0) is 56.0 Å². The van der Waals surface area contributed by atoms with Crippen molar-refractivity contribution in [2.24, 2.45) is 0 Å². The molecule has 2 aliphatic heterocycles. The molecule has 0 aliphatic carbocycles. The molecule has 2 aromatic carbocycles. The normalized spacial score (nSPS) is 19.4. The number of benzene rings is 2. The molecule has 3 aromatic rings. The average molecular weight is 512 g/mol. The molecule has 0 N–H and O–H groups in total. The van der Waals surface area contributed by atoms with Gasteiger partial charge in [0, 0.05) is 31.0 Å². The zero-order valence-corrected chi connectivity index (χ0v) is 20.0. The zero-order valence-electron chi connectivity index (χ0n) is 18.3. The van der Waals surface area contributed by atoms with Gasteiger partial charge in [-0.3, -0.25) is 0 Å². The summed E-state index contributed by atoms with van der Waals surface area (Å²) in [6.07, 6.45) is 3.46. The SMILES string of the molecule is O=S(=O)(c1ccc2c(c1)nc(SCc1c(F)ccc(F)c1F)n2C[C@@H]1CCCO1)N1CCCC1. The Hall–Kier alpha value is -2.08. The van der Waals surface area contributed by atoms with Crippen molar-refractivity contribution in [3.8, 4) is 0 Å². The predicted octanol–water partition coefficient (Wildman–Crippen LogP) is 4.71. The molecule has 2 saturated heterocycles. The van der Waals surface area contributed by atoms with Gasteiger partial charge in [-0.2, -0.15) is 4.31 Å². The van der Waals surface area contributed by atoms with Crippen LogP contribution < -0.4 is 0 Å². The van der Waals surface area contributed by atoms with E-state index in [1.165, 1.54) is 4.31 Å². The number of aromatic nitrogens is 2. The summed E-state index contributed by atoms with van der Waals surface area (Å²) in [5.41, 5.74) is 0.817. The lowest BCUT2D eigenvalue weighted by molar-refractivity contribution is 0.0960. The molecule has 0 unspecified atom stereocenters. The lowest BCUT2D eigenvalue weighted by Gasteiger charge is -2.16. The Bertz CT molecular complexity index is 1320. The van der Waals surface area contributed by atoms with E-state index in [1.54, 1.807) is 18.2 Å². The van der Waals surface area contributed by atoms with Crippen LogP contribution in [0, 0.1) is 17.5 Å². The lowest BCUT2D eigenvalue weighted by Crippen LogP contribution is -2.27.